The molecule has 3 aromatic rings. The number of hydrogen-bond donors (Lipinski definition) is 1. The minimum atomic E-state index is -0.0253. The van der Waals surface area contributed by atoms with Crippen molar-refractivity contribution < 1.29 is 4.79 Å². The summed E-state index contributed by atoms with van der Waals surface area (Å²) >= 11 is 3.03. The zero-order chi connectivity index (χ0) is 17.8. The van der Waals surface area contributed by atoms with Gasteiger partial charge in [-0.05, 0) is 55.0 Å². The number of nitrogens with one attached hydrogen (secondary N) is 1. The normalized spacial score (nSPS) is 14.5. The van der Waals surface area contributed by atoms with Crippen LogP contribution in [0.1, 0.15) is 19.3 Å². The van der Waals surface area contributed by atoms with Crippen molar-refractivity contribution in [1.29, 1.82) is 0 Å². The number of benzene rings is 1. The molecular weight excluding hydrogens is 364 g/mol. The number of carbonyl (C=O) groups is 1. The van der Waals surface area contributed by atoms with Crippen molar-refractivity contribution in [3.63, 3.8) is 0 Å². The predicted molar refractivity (Wildman–Crippen MR) is 109 cm³/mol. The van der Waals surface area contributed by atoms with E-state index in [0.717, 1.165) is 34.0 Å². The number of piperidine rings is 1. The van der Waals surface area contributed by atoms with Crippen LogP contribution in [0.25, 0.3) is 10.2 Å². The van der Waals surface area contributed by atoms with Crippen molar-refractivity contribution in [2.45, 2.75) is 24.3 Å². The van der Waals surface area contributed by atoms with Crippen molar-refractivity contribution in [1.82, 2.24) is 9.97 Å². The molecule has 1 aromatic carbocycles. The molecule has 0 unspecified atom stereocenters. The molecule has 26 heavy (non-hydrogen) atoms. The maximum absolute atomic E-state index is 12.3. The highest BCUT2D eigenvalue weighted by atomic mass is 32.2. The first kappa shape index (κ1) is 17.3. The van der Waals surface area contributed by atoms with Gasteiger partial charge >= 0.3 is 0 Å². The lowest BCUT2D eigenvalue weighted by atomic mass is 10.1. The second kappa shape index (κ2) is 8.05. The highest BCUT2D eigenvalue weighted by Crippen LogP contribution is 2.28. The summed E-state index contributed by atoms with van der Waals surface area (Å²) in [6.45, 7) is 2.25. The van der Waals surface area contributed by atoms with Gasteiger partial charge in [0, 0.05) is 29.9 Å². The number of carbonyl (C=O) groups excluding carboxylic acids is 1. The molecule has 0 bridgehead atoms. The first-order valence-electron chi connectivity index (χ1n) is 8.75. The Kier molecular flexibility index (Phi) is 5.36. The lowest BCUT2D eigenvalue weighted by Gasteiger charge is -2.28. The van der Waals surface area contributed by atoms with Gasteiger partial charge in [0.15, 0.2) is 0 Å². The van der Waals surface area contributed by atoms with Crippen molar-refractivity contribution in [2.24, 2.45) is 0 Å². The molecule has 1 amide bonds. The van der Waals surface area contributed by atoms with E-state index in [1.165, 1.54) is 36.7 Å². The van der Waals surface area contributed by atoms with Crippen LogP contribution in [0.4, 0.5) is 11.4 Å². The van der Waals surface area contributed by atoms with E-state index in [1.807, 2.05) is 23.6 Å². The van der Waals surface area contributed by atoms with Crippen molar-refractivity contribution in [3.8, 4) is 0 Å². The number of nitrogens with zero attached hydrogens (tertiary/aromatic N) is 3. The van der Waals surface area contributed by atoms with E-state index in [9.17, 15) is 4.79 Å². The van der Waals surface area contributed by atoms with Gasteiger partial charge in [-0.15, -0.1) is 11.3 Å². The molecule has 0 aliphatic carbocycles. The summed E-state index contributed by atoms with van der Waals surface area (Å²) < 4.78 is 0. The first-order valence-corrected chi connectivity index (χ1v) is 10.6. The topological polar surface area (TPSA) is 58.1 Å². The van der Waals surface area contributed by atoms with Crippen LogP contribution in [0.15, 0.2) is 47.1 Å². The summed E-state index contributed by atoms with van der Waals surface area (Å²) in [5.41, 5.74) is 2.07. The number of fused-ring (bicyclic) bond motifs is 1. The molecule has 1 aliphatic rings. The quantitative estimate of drug-likeness (QED) is 0.521. The second-order valence-corrected chi connectivity index (χ2v) is 8.11. The molecule has 0 saturated carbocycles. The van der Waals surface area contributed by atoms with Crippen molar-refractivity contribution in [3.05, 3.63) is 42.0 Å². The average molecular weight is 385 g/mol. The van der Waals surface area contributed by atoms with Crippen LogP contribution in [-0.2, 0) is 4.79 Å². The van der Waals surface area contributed by atoms with Gasteiger partial charge in [0.2, 0.25) is 5.91 Å². The third-order valence-electron chi connectivity index (χ3n) is 4.44. The molecule has 134 valence electrons. The number of hydrogen-bond acceptors (Lipinski definition) is 6. The van der Waals surface area contributed by atoms with Crippen LogP contribution in [-0.4, -0.2) is 34.7 Å². The number of thioether (sulfide) groups is 1. The average Bonchev–Trinajstić information content (AvgIpc) is 3.17. The Morgan fingerprint density at radius 1 is 1.12 bits per heavy atom. The highest BCUT2D eigenvalue weighted by Gasteiger charge is 2.12. The molecule has 3 heterocycles. The smallest absolute Gasteiger partial charge is 0.234 e. The molecule has 1 saturated heterocycles. The van der Waals surface area contributed by atoms with Crippen LogP contribution in [0, 0.1) is 0 Å². The number of amides is 1. The summed E-state index contributed by atoms with van der Waals surface area (Å²) in [6.07, 6.45) is 5.40. The monoisotopic (exact) mass is 384 g/mol. The first-order chi connectivity index (χ1) is 12.8. The SMILES string of the molecule is O=C(CSc1ncnc2sccc12)Nc1ccc(N2CCCCC2)cc1. The predicted octanol–water partition coefficient (Wildman–Crippen LogP) is 4.41. The van der Waals surface area contributed by atoms with E-state index in [1.54, 1.807) is 17.7 Å². The van der Waals surface area contributed by atoms with E-state index in [-0.39, 0.29) is 5.91 Å². The standard InChI is InChI=1S/C19H20N4OS2/c24-17(12-26-19-16-8-11-25-18(16)20-13-21-19)22-14-4-6-15(7-5-14)23-9-2-1-3-10-23/h4-8,11,13H,1-3,9-10,12H2,(H,22,24). The number of anilines is 2. The van der Waals surface area contributed by atoms with Gasteiger partial charge < -0.3 is 10.2 Å². The van der Waals surface area contributed by atoms with Crippen LogP contribution < -0.4 is 10.2 Å². The molecular formula is C19H20N4OS2. The maximum Gasteiger partial charge on any atom is 0.234 e. The fourth-order valence-corrected chi connectivity index (χ4v) is 4.70. The molecule has 2 aromatic heterocycles. The van der Waals surface area contributed by atoms with Crippen LogP contribution in [0.5, 0.6) is 0 Å². The Morgan fingerprint density at radius 2 is 1.92 bits per heavy atom. The van der Waals surface area contributed by atoms with E-state index in [2.05, 4.69) is 32.3 Å². The molecule has 1 N–H and O–H groups in total. The zero-order valence-electron chi connectivity index (χ0n) is 14.4. The second-order valence-electron chi connectivity index (χ2n) is 6.25. The third-order valence-corrected chi connectivity index (χ3v) is 6.26. The Hall–Kier alpha value is -2.12. The minimum absolute atomic E-state index is 0.0253. The summed E-state index contributed by atoms with van der Waals surface area (Å²) in [6, 6.07) is 10.1. The van der Waals surface area contributed by atoms with Gasteiger partial charge in [0.25, 0.3) is 0 Å². The van der Waals surface area contributed by atoms with Gasteiger partial charge in [-0.1, -0.05) is 11.8 Å². The molecule has 1 aliphatic heterocycles. The van der Waals surface area contributed by atoms with E-state index in [0.29, 0.717) is 5.75 Å². The fourth-order valence-electron chi connectivity index (χ4n) is 3.12. The number of rotatable bonds is 5. The number of thiophene rings is 1. The summed E-state index contributed by atoms with van der Waals surface area (Å²) in [5, 5.41) is 6.83. The van der Waals surface area contributed by atoms with Crippen molar-refractivity contribution >= 4 is 50.6 Å². The highest BCUT2D eigenvalue weighted by molar-refractivity contribution is 8.00. The zero-order valence-corrected chi connectivity index (χ0v) is 16.0. The Morgan fingerprint density at radius 3 is 2.73 bits per heavy atom. The molecule has 7 heteroatoms. The van der Waals surface area contributed by atoms with Crippen LogP contribution >= 0.6 is 23.1 Å². The van der Waals surface area contributed by atoms with Crippen molar-refractivity contribution in [2.75, 3.05) is 29.1 Å². The van der Waals surface area contributed by atoms with Gasteiger partial charge in [0.05, 0.1) is 5.75 Å². The maximum atomic E-state index is 12.3. The third kappa shape index (κ3) is 3.99. The number of aromatic nitrogens is 2. The minimum Gasteiger partial charge on any atom is -0.372 e. The Labute approximate surface area is 160 Å². The largest absolute Gasteiger partial charge is 0.372 e. The lowest BCUT2D eigenvalue weighted by Crippen LogP contribution is -2.29. The van der Waals surface area contributed by atoms with E-state index >= 15 is 0 Å². The van der Waals surface area contributed by atoms with Gasteiger partial charge in [-0.2, -0.15) is 0 Å². The summed E-state index contributed by atoms with van der Waals surface area (Å²) in [5.74, 6) is 0.304. The molecule has 1 fully saturated rings. The Balaban J connectivity index is 1.33. The van der Waals surface area contributed by atoms with Crippen LogP contribution in [0.2, 0.25) is 0 Å². The van der Waals surface area contributed by atoms with Gasteiger partial charge in [0.1, 0.15) is 16.2 Å². The molecule has 5 nitrogen and oxygen atoms in total. The molecule has 4 rings (SSSR count). The summed E-state index contributed by atoms with van der Waals surface area (Å²) in [7, 11) is 0. The molecule has 0 spiro atoms. The van der Waals surface area contributed by atoms with Gasteiger partial charge in [-0.25, -0.2) is 9.97 Å². The molecule has 0 radical (unpaired) electrons. The van der Waals surface area contributed by atoms with E-state index in [4.69, 9.17) is 0 Å². The lowest BCUT2D eigenvalue weighted by molar-refractivity contribution is -0.113. The van der Waals surface area contributed by atoms with E-state index < -0.39 is 0 Å². The fraction of sp³-hybridized carbons (Fsp3) is 0.316. The Bertz CT molecular complexity index is 888. The molecule has 0 atom stereocenters. The van der Waals surface area contributed by atoms with Crippen LogP contribution in [0.3, 0.4) is 0 Å². The van der Waals surface area contributed by atoms with Gasteiger partial charge in [-0.3, -0.25) is 4.79 Å². The summed E-state index contributed by atoms with van der Waals surface area (Å²) in [4.78, 5) is 24.2.